The minimum absolute atomic E-state index is 0.295. The average Bonchev–Trinajstić information content (AvgIpc) is 2.50. The van der Waals surface area contributed by atoms with Crippen molar-refractivity contribution in [1.29, 1.82) is 0 Å². The summed E-state index contributed by atoms with van der Waals surface area (Å²) in [6.07, 6.45) is 7.34. The van der Waals surface area contributed by atoms with Crippen LogP contribution in [0.15, 0.2) is 66.8 Å². The fourth-order valence-corrected chi connectivity index (χ4v) is 1.90. The van der Waals surface area contributed by atoms with E-state index in [9.17, 15) is 4.79 Å². The van der Waals surface area contributed by atoms with Crippen molar-refractivity contribution in [3.8, 4) is 0 Å². The first-order chi connectivity index (χ1) is 9.99. The van der Waals surface area contributed by atoms with Gasteiger partial charge in [-0.1, -0.05) is 49.6 Å². The Labute approximate surface area is 126 Å². The summed E-state index contributed by atoms with van der Waals surface area (Å²) in [5, 5.41) is 0. The Bertz CT molecular complexity index is 597. The Morgan fingerprint density at radius 3 is 2.57 bits per heavy atom. The molecule has 2 N–H and O–H groups in total. The van der Waals surface area contributed by atoms with Crippen LogP contribution in [-0.2, 0) is 4.79 Å². The quantitative estimate of drug-likeness (QED) is 0.616. The molecule has 1 rings (SSSR count). The van der Waals surface area contributed by atoms with Gasteiger partial charge < -0.3 is 10.6 Å². The summed E-state index contributed by atoms with van der Waals surface area (Å²) < 4.78 is 0. The molecule has 110 valence electrons. The lowest BCUT2D eigenvalue weighted by Gasteiger charge is -2.22. The smallest absolute Gasteiger partial charge is 0.248 e. The maximum atomic E-state index is 11.0. The average molecular weight is 282 g/mol. The second-order valence-corrected chi connectivity index (χ2v) is 4.71. The van der Waals surface area contributed by atoms with E-state index in [-0.39, 0.29) is 0 Å². The van der Waals surface area contributed by atoms with E-state index in [4.69, 9.17) is 5.73 Å². The minimum Gasteiger partial charge on any atom is -0.370 e. The fraction of sp³-hybridized carbons (Fsp3) is 0.167. The van der Waals surface area contributed by atoms with Crippen LogP contribution in [-0.4, -0.2) is 19.5 Å². The maximum Gasteiger partial charge on any atom is 0.248 e. The first-order valence-corrected chi connectivity index (χ1v) is 6.74. The zero-order valence-corrected chi connectivity index (χ0v) is 12.7. The van der Waals surface area contributed by atoms with Gasteiger partial charge in [-0.2, -0.15) is 0 Å². The SMILES string of the molecule is C=Cc1ccccc1N(C)CC(/C=C\C(=C)C(N)=O)=C/C. The molecule has 1 amide bonds. The number of benzene rings is 1. The Kier molecular flexibility index (Phi) is 6.21. The summed E-state index contributed by atoms with van der Waals surface area (Å²) in [5.74, 6) is -0.507. The van der Waals surface area contributed by atoms with Gasteiger partial charge in [-0.15, -0.1) is 0 Å². The molecule has 1 aromatic rings. The van der Waals surface area contributed by atoms with Crippen LogP contribution in [0.2, 0.25) is 0 Å². The number of primary amides is 1. The van der Waals surface area contributed by atoms with Crippen LogP contribution in [0.25, 0.3) is 6.08 Å². The van der Waals surface area contributed by atoms with E-state index < -0.39 is 5.91 Å². The third-order valence-corrected chi connectivity index (χ3v) is 3.17. The van der Waals surface area contributed by atoms with Crippen molar-refractivity contribution in [2.45, 2.75) is 6.92 Å². The van der Waals surface area contributed by atoms with Crippen molar-refractivity contribution in [3.63, 3.8) is 0 Å². The van der Waals surface area contributed by atoms with E-state index in [1.807, 2.05) is 50.4 Å². The topological polar surface area (TPSA) is 46.3 Å². The number of amides is 1. The Morgan fingerprint density at radius 2 is 2.00 bits per heavy atom. The number of nitrogens with zero attached hydrogens (tertiary/aromatic N) is 1. The van der Waals surface area contributed by atoms with Gasteiger partial charge in [-0.05, 0) is 30.2 Å². The molecule has 0 fully saturated rings. The third kappa shape index (κ3) is 4.80. The van der Waals surface area contributed by atoms with Crippen LogP contribution in [0, 0.1) is 0 Å². The van der Waals surface area contributed by atoms with E-state index >= 15 is 0 Å². The lowest BCUT2D eigenvalue weighted by Crippen LogP contribution is -2.20. The fourth-order valence-electron chi connectivity index (χ4n) is 1.90. The van der Waals surface area contributed by atoms with Gasteiger partial charge in [0.1, 0.15) is 0 Å². The number of hydrogen-bond donors (Lipinski definition) is 1. The molecule has 3 heteroatoms. The lowest BCUT2D eigenvalue weighted by atomic mass is 10.1. The number of likely N-dealkylation sites (N-methyl/N-ethyl adjacent to an activating group) is 1. The molecule has 0 saturated carbocycles. The normalized spacial score (nSPS) is 11.4. The second-order valence-electron chi connectivity index (χ2n) is 4.71. The molecule has 0 bridgehead atoms. The van der Waals surface area contributed by atoms with Crippen molar-refractivity contribution in [3.05, 3.63) is 72.4 Å². The van der Waals surface area contributed by atoms with E-state index in [1.165, 1.54) is 0 Å². The van der Waals surface area contributed by atoms with Crippen molar-refractivity contribution in [1.82, 2.24) is 0 Å². The van der Waals surface area contributed by atoms with Gasteiger partial charge in [-0.25, -0.2) is 0 Å². The molecule has 0 radical (unpaired) electrons. The van der Waals surface area contributed by atoms with E-state index in [1.54, 1.807) is 6.08 Å². The number of carbonyl (C=O) groups excluding carboxylic acids is 1. The molecule has 21 heavy (non-hydrogen) atoms. The molecular weight excluding hydrogens is 260 g/mol. The Hall–Kier alpha value is -2.55. The zero-order valence-electron chi connectivity index (χ0n) is 12.7. The summed E-state index contributed by atoms with van der Waals surface area (Å²) in [6, 6.07) is 8.07. The summed E-state index contributed by atoms with van der Waals surface area (Å²) >= 11 is 0. The second kappa shape index (κ2) is 7.90. The van der Waals surface area contributed by atoms with Crippen molar-refractivity contribution in [2.75, 3.05) is 18.5 Å². The summed E-state index contributed by atoms with van der Waals surface area (Å²) in [6.45, 7) is 10.1. The molecule has 0 spiro atoms. The van der Waals surface area contributed by atoms with Crippen LogP contribution in [0.4, 0.5) is 5.69 Å². The van der Waals surface area contributed by atoms with E-state index in [2.05, 4.69) is 24.1 Å². The molecule has 0 unspecified atom stereocenters. The highest BCUT2D eigenvalue weighted by Gasteiger charge is 2.06. The van der Waals surface area contributed by atoms with Crippen LogP contribution in [0.1, 0.15) is 12.5 Å². The highest BCUT2D eigenvalue weighted by Crippen LogP contribution is 2.21. The van der Waals surface area contributed by atoms with E-state index in [0.29, 0.717) is 12.1 Å². The number of allylic oxidation sites excluding steroid dienone is 1. The monoisotopic (exact) mass is 282 g/mol. The highest BCUT2D eigenvalue weighted by atomic mass is 16.1. The molecular formula is C18H22N2O. The number of rotatable bonds is 7. The highest BCUT2D eigenvalue weighted by molar-refractivity contribution is 5.94. The predicted octanol–water partition coefficient (Wildman–Crippen LogP) is 3.31. The van der Waals surface area contributed by atoms with Crippen LogP contribution >= 0.6 is 0 Å². The van der Waals surface area contributed by atoms with Gasteiger partial charge in [0.2, 0.25) is 5.91 Å². The molecule has 0 atom stereocenters. The molecule has 0 aromatic heterocycles. The van der Waals surface area contributed by atoms with E-state index in [0.717, 1.165) is 16.8 Å². The first-order valence-electron chi connectivity index (χ1n) is 6.74. The molecule has 3 nitrogen and oxygen atoms in total. The summed E-state index contributed by atoms with van der Waals surface area (Å²) in [5.41, 5.74) is 8.72. The number of carbonyl (C=O) groups is 1. The Morgan fingerprint density at radius 1 is 1.33 bits per heavy atom. The van der Waals surface area contributed by atoms with Gasteiger partial charge in [0.25, 0.3) is 0 Å². The number of anilines is 1. The molecule has 0 aliphatic rings. The maximum absolute atomic E-state index is 11.0. The van der Waals surface area contributed by atoms with Crippen LogP contribution < -0.4 is 10.6 Å². The number of hydrogen-bond acceptors (Lipinski definition) is 2. The Balaban J connectivity index is 2.85. The number of para-hydroxylation sites is 1. The van der Waals surface area contributed by atoms with Gasteiger partial charge in [0.05, 0.1) is 0 Å². The zero-order chi connectivity index (χ0) is 15.8. The predicted molar refractivity (Wildman–Crippen MR) is 91.0 cm³/mol. The van der Waals surface area contributed by atoms with Crippen LogP contribution in [0.3, 0.4) is 0 Å². The van der Waals surface area contributed by atoms with Gasteiger partial charge in [-0.3, -0.25) is 4.79 Å². The van der Waals surface area contributed by atoms with Crippen molar-refractivity contribution < 1.29 is 4.79 Å². The van der Waals surface area contributed by atoms with Crippen molar-refractivity contribution in [2.24, 2.45) is 5.73 Å². The molecule has 1 aromatic carbocycles. The third-order valence-electron chi connectivity index (χ3n) is 3.17. The molecule has 0 aliphatic heterocycles. The summed E-state index contributed by atoms with van der Waals surface area (Å²) in [4.78, 5) is 13.1. The molecule has 0 saturated heterocycles. The molecule has 0 heterocycles. The first kappa shape index (κ1) is 16.5. The van der Waals surface area contributed by atoms with Crippen molar-refractivity contribution >= 4 is 17.7 Å². The van der Waals surface area contributed by atoms with Gasteiger partial charge in [0.15, 0.2) is 0 Å². The van der Waals surface area contributed by atoms with Gasteiger partial charge >= 0.3 is 0 Å². The molecule has 0 aliphatic carbocycles. The number of nitrogens with two attached hydrogens (primary N) is 1. The van der Waals surface area contributed by atoms with Crippen LogP contribution in [0.5, 0.6) is 0 Å². The summed E-state index contributed by atoms with van der Waals surface area (Å²) in [7, 11) is 2.02. The standard InChI is InChI=1S/C18H22N2O/c1-5-15(12-11-14(3)18(19)21)13-20(4)17-10-8-7-9-16(17)6-2/h5-12H,2-3,13H2,1,4H3,(H2,19,21)/b12-11-,15-5+. The largest absolute Gasteiger partial charge is 0.370 e. The lowest BCUT2D eigenvalue weighted by molar-refractivity contribution is -0.114. The van der Waals surface area contributed by atoms with Gasteiger partial charge in [0, 0.05) is 24.9 Å². The minimum atomic E-state index is -0.507.